The third kappa shape index (κ3) is 3.72. The lowest BCUT2D eigenvalue weighted by Gasteiger charge is -2.43. The number of nitrogens with two attached hydrogens (primary N) is 1. The van der Waals surface area contributed by atoms with Gasteiger partial charge in [-0.1, -0.05) is 12.1 Å². The minimum Gasteiger partial charge on any atom is -0.497 e. The van der Waals surface area contributed by atoms with E-state index in [-0.39, 0.29) is 0 Å². The fraction of sp³-hybridized carbons (Fsp3) is 0.625. The summed E-state index contributed by atoms with van der Waals surface area (Å²) in [7, 11) is 3.88. The summed E-state index contributed by atoms with van der Waals surface area (Å²) in [6.45, 7) is 6.35. The molecule has 0 amide bonds. The lowest BCUT2D eigenvalue weighted by atomic mass is 10.0. The van der Waals surface area contributed by atoms with Gasteiger partial charge >= 0.3 is 0 Å². The van der Waals surface area contributed by atoms with Gasteiger partial charge in [0.15, 0.2) is 0 Å². The van der Waals surface area contributed by atoms with Gasteiger partial charge in [0, 0.05) is 38.3 Å². The Labute approximate surface area is 122 Å². The molecule has 112 valence electrons. The highest BCUT2D eigenvalue weighted by atomic mass is 16.5. The highest BCUT2D eigenvalue weighted by molar-refractivity contribution is 5.27. The van der Waals surface area contributed by atoms with Crippen LogP contribution in [0.4, 0.5) is 0 Å². The summed E-state index contributed by atoms with van der Waals surface area (Å²) in [6.07, 6.45) is 1.06. The molecular formula is C16H27N3O. The highest BCUT2D eigenvalue weighted by Crippen LogP contribution is 2.17. The number of likely N-dealkylation sites (N-methyl/N-ethyl adjacent to an activating group) is 1. The van der Waals surface area contributed by atoms with Crippen LogP contribution in [0.15, 0.2) is 24.3 Å². The third-order valence-corrected chi connectivity index (χ3v) is 4.26. The normalized spacial score (nSPS) is 22.7. The van der Waals surface area contributed by atoms with Crippen molar-refractivity contribution in [2.45, 2.75) is 25.4 Å². The number of hydrogen-bond acceptors (Lipinski definition) is 4. The third-order valence-electron chi connectivity index (χ3n) is 4.26. The van der Waals surface area contributed by atoms with Crippen molar-refractivity contribution in [2.24, 2.45) is 5.73 Å². The first kappa shape index (κ1) is 15.3. The van der Waals surface area contributed by atoms with Gasteiger partial charge in [-0.2, -0.15) is 0 Å². The van der Waals surface area contributed by atoms with Gasteiger partial charge in [0.2, 0.25) is 0 Å². The summed E-state index contributed by atoms with van der Waals surface area (Å²) in [5, 5.41) is 0. The topological polar surface area (TPSA) is 41.7 Å². The lowest BCUT2D eigenvalue weighted by Crippen LogP contribution is -2.57. The molecule has 1 aromatic rings. The first-order chi connectivity index (χ1) is 9.63. The van der Waals surface area contributed by atoms with Crippen molar-refractivity contribution in [1.82, 2.24) is 9.80 Å². The van der Waals surface area contributed by atoms with Gasteiger partial charge in [0.25, 0.3) is 0 Å². The number of ether oxygens (including phenoxy) is 1. The van der Waals surface area contributed by atoms with Crippen LogP contribution in [0, 0.1) is 0 Å². The van der Waals surface area contributed by atoms with Crippen molar-refractivity contribution in [1.29, 1.82) is 0 Å². The average molecular weight is 277 g/mol. The lowest BCUT2D eigenvalue weighted by molar-refractivity contribution is 0.0625. The van der Waals surface area contributed by atoms with Crippen molar-refractivity contribution in [3.8, 4) is 5.75 Å². The Kier molecular flexibility index (Phi) is 5.40. The van der Waals surface area contributed by atoms with Crippen molar-refractivity contribution in [3.05, 3.63) is 29.8 Å². The summed E-state index contributed by atoms with van der Waals surface area (Å²) in [6, 6.07) is 9.37. The molecule has 4 heteroatoms. The van der Waals surface area contributed by atoms with Gasteiger partial charge in [-0.25, -0.2) is 0 Å². The minimum atomic E-state index is 0.474. The maximum absolute atomic E-state index is 5.94. The number of hydrogen-bond donors (Lipinski definition) is 1. The number of methoxy groups -OCH3 is 1. The maximum Gasteiger partial charge on any atom is 0.118 e. The minimum absolute atomic E-state index is 0.474. The second-order valence-corrected chi connectivity index (χ2v) is 5.79. The Morgan fingerprint density at radius 2 is 2.00 bits per heavy atom. The van der Waals surface area contributed by atoms with Crippen LogP contribution in [0.3, 0.4) is 0 Å². The largest absolute Gasteiger partial charge is 0.497 e. The number of benzene rings is 1. The van der Waals surface area contributed by atoms with E-state index in [9.17, 15) is 0 Å². The van der Waals surface area contributed by atoms with Gasteiger partial charge < -0.3 is 15.4 Å². The molecule has 2 atom stereocenters. The van der Waals surface area contributed by atoms with Gasteiger partial charge in [-0.05, 0) is 38.1 Å². The Balaban J connectivity index is 1.97. The molecule has 2 rings (SSSR count). The van der Waals surface area contributed by atoms with E-state index in [1.54, 1.807) is 7.11 Å². The fourth-order valence-corrected chi connectivity index (χ4v) is 3.03. The standard InChI is InChI=1S/C16H27N3O/c1-13(10-14-4-6-16(20-3)7-5-14)19-9-8-18(2)12-15(19)11-17/h4-7,13,15H,8-12,17H2,1-3H3. The fourth-order valence-electron chi connectivity index (χ4n) is 3.03. The van der Waals surface area contributed by atoms with E-state index in [2.05, 4.69) is 35.9 Å². The predicted molar refractivity (Wildman–Crippen MR) is 83.2 cm³/mol. The van der Waals surface area contributed by atoms with Crippen LogP contribution in [0.2, 0.25) is 0 Å². The molecule has 0 bridgehead atoms. The van der Waals surface area contributed by atoms with Gasteiger partial charge in [-0.3, -0.25) is 4.90 Å². The summed E-state index contributed by atoms with van der Waals surface area (Å²) in [5.74, 6) is 0.917. The zero-order valence-electron chi connectivity index (χ0n) is 12.9. The molecule has 0 saturated carbocycles. The summed E-state index contributed by atoms with van der Waals surface area (Å²) in [4.78, 5) is 4.93. The van der Waals surface area contributed by atoms with Crippen LogP contribution in [-0.2, 0) is 6.42 Å². The van der Waals surface area contributed by atoms with Crippen LogP contribution in [-0.4, -0.2) is 62.2 Å². The first-order valence-electron chi connectivity index (χ1n) is 7.41. The molecule has 2 unspecified atom stereocenters. The molecule has 1 heterocycles. The van der Waals surface area contributed by atoms with E-state index in [1.807, 2.05) is 12.1 Å². The SMILES string of the molecule is COc1ccc(CC(C)N2CCN(C)CC2CN)cc1. The zero-order valence-corrected chi connectivity index (χ0v) is 12.9. The molecular weight excluding hydrogens is 250 g/mol. The smallest absolute Gasteiger partial charge is 0.118 e. The summed E-state index contributed by atoms with van der Waals surface area (Å²) >= 11 is 0. The van der Waals surface area contributed by atoms with E-state index in [0.717, 1.165) is 38.3 Å². The Morgan fingerprint density at radius 3 is 2.60 bits per heavy atom. The molecule has 4 nitrogen and oxygen atoms in total. The van der Waals surface area contributed by atoms with Gasteiger partial charge in [-0.15, -0.1) is 0 Å². The summed E-state index contributed by atoms with van der Waals surface area (Å²) < 4.78 is 5.20. The van der Waals surface area contributed by atoms with Crippen molar-refractivity contribution in [2.75, 3.05) is 40.3 Å². The maximum atomic E-state index is 5.94. The predicted octanol–water partition coefficient (Wildman–Crippen LogP) is 1.20. The molecule has 0 spiro atoms. The average Bonchev–Trinajstić information content (AvgIpc) is 2.47. The van der Waals surface area contributed by atoms with E-state index < -0.39 is 0 Å². The molecule has 0 aliphatic carbocycles. The molecule has 2 N–H and O–H groups in total. The van der Waals surface area contributed by atoms with E-state index in [4.69, 9.17) is 10.5 Å². The van der Waals surface area contributed by atoms with Crippen molar-refractivity contribution >= 4 is 0 Å². The van der Waals surface area contributed by atoms with Crippen LogP contribution in [0.5, 0.6) is 5.75 Å². The number of nitrogens with zero attached hydrogens (tertiary/aromatic N) is 2. The van der Waals surface area contributed by atoms with Crippen LogP contribution >= 0.6 is 0 Å². The summed E-state index contributed by atoms with van der Waals surface area (Å²) in [5.41, 5.74) is 7.29. The Hall–Kier alpha value is -1.10. The van der Waals surface area contributed by atoms with Gasteiger partial charge in [0.05, 0.1) is 7.11 Å². The molecule has 0 radical (unpaired) electrons. The van der Waals surface area contributed by atoms with Crippen molar-refractivity contribution < 1.29 is 4.74 Å². The van der Waals surface area contributed by atoms with Crippen LogP contribution in [0.25, 0.3) is 0 Å². The second kappa shape index (κ2) is 7.07. The van der Waals surface area contributed by atoms with Crippen LogP contribution < -0.4 is 10.5 Å². The number of rotatable bonds is 5. The van der Waals surface area contributed by atoms with E-state index in [0.29, 0.717) is 12.1 Å². The molecule has 1 fully saturated rings. The van der Waals surface area contributed by atoms with E-state index in [1.165, 1.54) is 5.56 Å². The molecule has 1 aromatic carbocycles. The highest BCUT2D eigenvalue weighted by Gasteiger charge is 2.27. The quantitative estimate of drug-likeness (QED) is 0.878. The second-order valence-electron chi connectivity index (χ2n) is 5.79. The molecule has 1 aliphatic heterocycles. The van der Waals surface area contributed by atoms with E-state index >= 15 is 0 Å². The molecule has 1 aliphatic rings. The van der Waals surface area contributed by atoms with Crippen LogP contribution in [0.1, 0.15) is 12.5 Å². The molecule has 0 aromatic heterocycles. The zero-order chi connectivity index (χ0) is 14.5. The Bertz CT molecular complexity index is 407. The molecule has 20 heavy (non-hydrogen) atoms. The molecule has 1 saturated heterocycles. The monoisotopic (exact) mass is 277 g/mol. The van der Waals surface area contributed by atoms with Gasteiger partial charge in [0.1, 0.15) is 5.75 Å². The first-order valence-corrected chi connectivity index (χ1v) is 7.41. The number of piperazine rings is 1. The Morgan fingerprint density at radius 1 is 1.30 bits per heavy atom. The van der Waals surface area contributed by atoms with Crippen molar-refractivity contribution in [3.63, 3.8) is 0 Å².